The fourth-order valence-electron chi connectivity index (χ4n) is 2.11. The van der Waals surface area contributed by atoms with Gasteiger partial charge in [-0.2, -0.15) is 5.10 Å². The first-order valence-electron chi connectivity index (χ1n) is 5.11. The Labute approximate surface area is 92.2 Å². The summed E-state index contributed by atoms with van der Waals surface area (Å²) in [6.07, 6.45) is 4.05. The number of likely N-dealkylation sites (tertiary alicyclic amines) is 1. The first kappa shape index (κ1) is 10.9. The van der Waals surface area contributed by atoms with Crippen LogP contribution in [0.15, 0.2) is 17.3 Å². The van der Waals surface area contributed by atoms with Crippen LogP contribution >= 0.6 is 8.73 Å². The van der Waals surface area contributed by atoms with Crippen LogP contribution in [0.5, 0.6) is 0 Å². The quantitative estimate of drug-likeness (QED) is 0.228. The molecule has 2 rings (SSSR count). The van der Waals surface area contributed by atoms with Crippen molar-refractivity contribution in [2.75, 3.05) is 26.7 Å². The Balaban J connectivity index is 1.89. The average molecular weight is 227 g/mol. The molecule has 2 fully saturated rings. The second kappa shape index (κ2) is 4.08. The predicted molar refractivity (Wildman–Crippen MR) is 64.8 cm³/mol. The number of amidine groups is 1. The number of hydrogen-bond acceptors (Lipinski definition) is 4. The van der Waals surface area contributed by atoms with E-state index in [1.807, 2.05) is 30.9 Å². The minimum atomic E-state index is 0.477. The maximum atomic E-state index is 5.67. The van der Waals surface area contributed by atoms with Crippen LogP contribution < -0.4 is 11.3 Å². The lowest BCUT2D eigenvalue weighted by atomic mass is 9.98. The number of hydrogen-bond donors (Lipinski definition) is 2. The summed E-state index contributed by atoms with van der Waals surface area (Å²) in [6, 6.07) is 0. The first-order chi connectivity index (χ1) is 7.19. The summed E-state index contributed by atoms with van der Waals surface area (Å²) in [5.41, 5.74) is 2.84. The monoisotopic (exact) mass is 227 g/mol. The van der Waals surface area contributed by atoms with Gasteiger partial charge in [0, 0.05) is 26.7 Å². The van der Waals surface area contributed by atoms with Gasteiger partial charge in [0.1, 0.15) is 5.84 Å². The van der Waals surface area contributed by atoms with Crippen molar-refractivity contribution in [2.45, 2.75) is 12.1 Å². The highest BCUT2D eigenvalue weighted by Gasteiger charge is 2.51. The van der Waals surface area contributed by atoms with E-state index in [-0.39, 0.29) is 0 Å². The third-order valence-electron chi connectivity index (χ3n) is 2.71. The van der Waals surface area contributed by atoms with E-state index in [1.165, 1.54) is 0 Å². The van der Waals surface area contributed by atoms with Gasteiger partial charge in [-0.25, -0.2) is 4.78 Å². The number of hydrazine groups is 1. The van der Waals surface area contributed by atoms with Gasteiger partial charge < -0.3 is 10.3 Å². The molecule has 1 atom stereocenters. The molecule has 1 unspecified atom stereocenters. The normalized spacial score (nSPS) is 27.1. The Bertz CT molecular complexity index is 287. The van der Waals surface area contributed by atoms with E-state index >= 15 is 0 Å². The van der Waals surface area contributed by atoms with E-state index in [9.17, 15) is 0 Å². The van der Waals surface area contributed by atoms with Crippen LogP contribution in [0.4, 0.5) is 0 Å². The molecule has 0 aromatic heterocycles. The van der Waals surface area contributed by atoms with Gasteiger partial charge in [0.15, 0.2) is 0 Å². The maximum absolute atomic E-state index is 5.67. The lowest BCUT2D eigenvalue weighted by Crippen LogP contribution is -2.71. The van der Waals surface area contributed by atoms with Crippen molar-refractivity contribution in [3.05, 3.63) is 12.2 Å². The largest absolute Gasteiger partial charge is 0.353 e. The van der Waals surface area contributed by atoms with Gasteiger partial charge in [0.25, 0.3) is 0 Å². The standard InChI is InChI=1S/C9H18N5P/c1-3-4-8(12-11-2)13-5-9(6-13)7-14(10)15-9/h3-4,11,15H,5-7,10H2,1-2H3/b4-3-,12-8+. The highest BCUT2D eigenvalue weighted by Crippen LogP contribution is 2.50. The number of allylic oxidation sites excluding steroid dienone is 1. The Kier molecular flexibility index (Phi) is 2.96. The Morgan fingerprint density at radius 3 is 2.67 bits per heavy atom. The summed E-state index contributed by atoms with van der Waals surface area (Å²) < 4.78 is 1.90. The molecular weight excluding hydrogens is 209 g/mol. The minimum Gasteiger partial charge on any atom is -0.353 e. The molecule has 3 N–H and O–H groups in total. The van der Waals surface area contributed by atoms with Crippen LogP contribution in [0, 0.1) is 0 Å². The SMILES string of the molecule is C/C=C\C(=N/NC)N1CC2(CN(N)P2)C1. The second-order valence-corrected chi connectivity index (χ2v) is 5.93. The maximum Gasteiger partial charge on any atom is 0.148 e. The van der Waals surface area contributed by atoms with Crippen LogP contribution in [-0.4, -0.2) is 47.4 Å². The molecule has 2 aliphatic rings. The van der Waals surface area contributed by atoms with Crippen molar-refractivity contribution >= 4 is 14.6 Å². The van der Waals surface area contributed by atoms with Crippen LogP contribution in [0.1, 0.15) is 6.92 Å². The Morgan fingerprint density at radius 2 is 2.20 bits per heavy atom. The van der Waals surface area contributed by atoms with Gasteiger partial charge in [0.2, 0.25) is 0 Å². The van der Waals surface area contributed by atoms with E-state index in [4.69, 9.17) is 5.84 Å². The number of nitrogens with two attached hydrogens (primary N) is 1. The topological polar surface area (TPSA) is 56.9 Å². The van der Waals surface area contributed by atoms with Crippen LogP contribution in [-0.2, 0) is 0 Å². The molecule has 0 aliphatic carbocycles. The van der Waals surface area contributed by atoms with Crippen molar-refractivity contribution in [3.63, 3.8) is 0 Å². The smallest absolute Gasteiger partial charge is 0.148 e. The number of nitrogens with zero attached hydrogens (tertiary/aromatic N) is 3. The lowest BCUT2D eigenvalue weighted by molar-refractivity contribution is 0.152. The van der Waals surface area contributed by atoms with Gasteiger partial charge in [-0.05, 0) is 21.7 Å². The third kappa shape index (κ3) is 2.00. The summed E-state index contributed by atoms with van der Waals surface area (Å²) in [5, 5.41) is 4.72. The molecule has 0 bridgehead atoms. The highest BCUT2D eigenvalue weighted by atomic mass is 31.1. The second-order valence-electron chi connectivity index (χ2n) is 4.07. The molecule has 0 radical (unpaired) electrons. The van der Waals surface area contributed by atoms with E-state index in [2.05, 4.69) is 15.4 Å². The summed E-state index contributed by atoms with van der Waals surface area (Å²) in [7, 11) is 2.60. The summed E-state index contributed by atoms with van der Waals surface area (Å²) >= 11 is 0. The fourth-order valence-corrected chi connectivity index (χ4v) is 3.60. The third-order valence-corrected chi connectivity index (χ3v) is 4.10. The molecule has 1 spiro atoms. The van der Waals surface area contributed by atoms with Crippen LogP contribution in [0.3, 0.4) is 0 Å². The number of nitrogens with one attached hydrogen (secondary N) is 1. The molecule has 84 valence electrons. The molecule has 5 nitrogen and oxygen atoms in total. The van der Waals surface area contributed by atoms with Crippen molar-refractivity contribution in [1.29, 1.82) is 0 Å². The molecule has 2 saturated heterocycles. The Hall–Kier alpha value is -0.640. The predicted octanol–water partition coefficient (Wildman–Crippen LogP) is -0.0674. The molecular formula is C9H18N5P. The van der Waals surface area contributed by atoms with Crippen LogP contribution in [0.2, 0.25) is 0 Å². The summed E-state index contributed by atoms with van der Waals surface area (Å²) in [5.74, 6) is 6.69. The zero-order valence-corrected chi connectivity index (χ0v) is 10.2. The molecule has 15 heavy (non-hydrogen) atoms. The molecule has 0 aromatic rings. The molecule has 0 aromatic carbocycles. The van der Waals surface area contributed by atoms with Crippen molar-refractivity contribution in [1.82, 2.24) is 15.1 Å². The molecule has 6 heteroatoms. The average Bonchev–Trinajstić information content (AvgIpc) is 2.09. The van der Waals surface area contributed by atoms with E-state index in [0.29, 0.717) is 5.16 Å². The van der Waals surface area contributed by atoms with Gasteiger partial charge in [-0.1, -0.05) is 6.08 Å². The number of hydrazone groups is 1. The minimum absolute atomic E-state index is 0.477. The fraction of sp³-hybridized carbons (Fsp3) is 0.667. The van der Waals surface area contributed by atoms with E-state index in [0.717, 1.165) is 34.2 Å². The van der Waals surface area contributed by atoms with Gasteiger partial charge >= 0.3 is 0 Å². The molecule has 2 aliphatic heterocycles. The summed E-state index contributed by atoms with van der Waals surface area (Å²) in [6.45, 7) is 5.21. The van der Waals surface area contributed by atoms with E-state index < -0.39 is 0 Å². The van der Waals surface area contributed by atoms with Crippen LogP contribution in [0.25, 0.3) is 0 Å². The van der Waals surface area contributed by atoms with Crippen molar-refractivity contribution in [2.24, 2.45) is 10.9 Å². The van der Waals surface area contributed by atoms with Gasteiger partial charge in [-0.15, -0.1) is 0 Å². The first-order valence-corrected chi connectivity index (χ1v) is 6.06. The zero-order chi connectivity index (χ0) is 10.9. The van der Waals surface area contributed by atoms with Crippen molar-refractivity contribution < 1.29 is 0 Å². The summed E-state index contributed by atoms with van der Waals surface area (Å²) in [4.78, 5) is 2.29. The lowest BCUT2D eigenvalue weighted by Gasteiger charge is -2.59. The molecule has 0 amide bonds. The van der Waals surface area contributed by atoms with E-state index in [1.54, 1.807) is 0 Å². The number of rotatable bonds is 2. The van der Waals surface area contributed by atoms with Gasteiger partial charge in [0.05, 0.1) is 5.16 Å². The molecule has 2 heterocycles. The zero-order valence-electron chi connectivity index (χ0n) is 9.20. The molecule has 0 saturated carbocycles. The van der Waals surface area contributed by atoms with Gasteiger partial charge in [-0.3, -0.25) is 5.84 Å². The Morgan fingerprint density at radius 1 is 1.53 bits per heavy atom. The van der Waals surface area contributed by atoms with Crippen molar-refractivity contribution in [3.8, 4) is 0 Å². The highest BCUT2D eigenvalue weighted by molar-refractivity contribution is 7.39.